The van der Waals surface area contributed by atoms with Crippen molar-refractivity contribution >= 4 is 32.0 Å². The van der Waals surface area contributed by atoms with Gasteiger partial charge < -0.3 is 9.32 Å². The Bertz CT molecular complexity index is 1320. The highest BCUT2D eigenvalue weighted by Crippen LogP contribution is 2.24. The lowest BCUT2D eigenvalue weighted by molar-refractivity contribution is 0.0750. The molecule has 0 fully saturated rings. The maximum atomic E-state index is 13.0. The number of imidazole rings is 1. The molecule has 0 unspecified atom stereocenters. The lowest BCUT2D eigenvalue weighted by atomic mass is 10.2. The van der Waals surface area contributed by atoms with Gasteiger partial charge in [-0.2, -0.15) is 0 Å². The molecular weight excluding hydrogens is 422 g/mol. The van der Waals surface area contributed by atoms with E-state index in [-0.39, 0.29) is 22.3 Å². The molecule has 0 aliphatic heterocycles. The number of rotatable bonds is 6. The van der Waals surface area contributed by atoms with Gasteiger partial charge in [0.15, 0.2) is 20.6 Å². The van der Waals surface area contributed by atoms with Crippen LogP contribution in [0.25, 0.3) is 4.96 Å². The predicted molar refractivity (Wildman–Crippen MR) is 114 cm³/mol. The first-order chi connectivity index (χ1) is 14.3. The average Bonchev–Trinajstić information content (AvgIpc) is 3.38. The van der Waals surface area contributed by atoms with Crippen molar-refractivity contribution in [2.45, 2.75) is 31.0 Å². The number of benzene rings is 1. The van der Waals surface area contributed by atoms with Crippen molar-refractivity contribution in [1.82, 2.24) is 14.3 Å². The molecular formula is C21H21N3O4S2. The predicted octanol–water partition coefficient (Wildman–Crippen LogP) is 3.85. The van der Waals surface area contributed by atoms with Crippen LogP contribution in [0.15, 0.2) is 58.2 Å². The molecule has 0 aliphatic rings. The molecule has 3 heterocycles. The molecule has 9 heteroatoms. The molecule has 30 heavy (non-hydrogen) atoms. The van der Waals surface area contributed by atoms with Gasteiger partial charge >= 0.3 is 0 Å². The van der Waals surface area contributed by atoms with Gasteiger partial charge in [0, 0.05) is 23.7 Å². The van der Waals surface area contributed by atoms with Gasteiger partial charge in [-0.1, -0.05) is 18.2 Å². The van der Waals surface area contributed by atoms with Crippen LogP contribution in [0.1, 0.15) is 32.4 Å². The Labute approximate surface area is 178 Å². The molecule has 0 bridgehead atoms. The van der Waals surface area contributed by atoms with E-state index in [9.17, 15) is 13.2 Å². The second kappa shape index (κ2) is 7.73. The zero-order valence-corrected chi connectivity index (χ0v) is 18.5. The van der Waals surface area contributed by atoms with E-state index in [1.807, 2.05) is 24.4 Å². The van der Waals surface area contributed by atoms with E-state index in [4.69, 9.17) is 4.42 Å². The van der Waals surface area contributed by atoms with Crippen LogP contribution < -0.4 is 0 Å². The number of carbonyl (C=O) groups excluding carboxylic acids is 1. The van der Waals surface area contributed by atoms with Crippen molar-refractivity contribution in [3.8, 4) is 0 Å². The topological polar surface area (TPSA) is 84.9 Å². The Hall–Kier alpha value is -2.91. The summed E-state index contributed by atoms with van der Waals surface area (Å²) < 4.78 is 32.8. The largest absolute Gasteiger partial charge is 0.459 e. The quantitative estimate of drug-likeness (QED) is 0.452. The van der Waals surface area contributed by atoms with Crippen molar-refractivity contribution < 1.29 is 17.6 Å². The number of sulfone groups is 1. The number of aryl methyl sites for hydroxylation is 2. The Kier molecular flexibility index (Phi) is 5.25. The van der Waals surface area contributed by atoms with E-state index in [0.717, 1.165) is 21.2 Å². The van der Waals surface area contributed by atoms with Crippen LogP contribution in [0.5, 0.6) is 0 Å². The van der Waals surface area contributed by atoms with Crippen molar-refractivity contribution in [3.63, 3.8) is 0 Å². The maximum Gasteiger partial charge on any atom is 0.289 e. The van der Waals surface area contributed by atoms with Gasteiger partial charge in [0.25, 0.3) is 5.91 Å². The fourth-order valence-electron chi connectivity index (χ4n) is 3.32. The summed E-state index contributed by atoms with van der Waals surface area (Å²) >= 11 is 1.59. The van der Waals surface area contributed by atoms with E-state index >= 15 is 0 Å². The van der Waals surface area contributed by atoms with Crippen LogP contribution in [0.3, 0.4) is 0 Å². The fourth-order valence-corrected chi connectivity index (χ4v) is 5.59. The number of hydrogen-bond donors (Lipinski definition) is 0. The highest BCUT2D eigenvalue weighted by Gasteiger charge is 2.25. The number of aromatic nitrogens is 2. The minimum absolute atomic E-state index is 0.0388. The summed E-state index contributed by atoms with van der Waals surface area (Å²) in [5.41, 5.74) is 2.11. The van der Waals surface area contributed by atoms with Crippen LogP contribution >= 0.6 is 11.3 Å². The van der Waals surface area contributed by atoms with Crippen molar-refractivity contribution in [3.05, 3.63) is 76.4 Å². The third-order valence-corrected chi connectivity index (χ3v) is 7.44. The molecule has 4 rings (SSSR count). The zero-order valence-electron chi connectivity index (χ0n) is 16.8. The van der Waals surface area contributed by atoms with Crippen LogP contribution in [0, 0.1) is 13.8 Å². The molecule has 0 saturated carbocycles. The van der Waals surface area contributed by atoms with E-state index in [1.165, 1.54) is 17.2 Å². The monoisotopic (exact) mass is 443 g/mol. The molecule has 156 valence electrons. The smallest absolute Gasteiger partial charge is 0.289 e. The molecule has 1 aromatic carbocycles. The molecule has 0 atom stereocenters. The Morgan fingerprint density at radius 2 is 1.93 bits per heavy atom. The fraction of sp³-hybridized carbons (Fsp3) is 0.238. The normalized spacial score (nSPS) is 11.8. The van der Waals surface area contributed by atoms with Crippen molar-refractivity contribution in [2.24, 2.45) is 0 Å². The molecule has 0 N–H and O–H groups in total. The van der Waals surface area contributed by atoms with E-state index in [0.29, 0.717) is 12.1 Å². The van der Waals surface area contributed by atoms with Gasteiger partial charge in [0.1, 0.15) is 0 Å². The molecule has 0 radical (unpaired) electrons. The minimum atomic E-state index is -3.59. The summed E-state index contributed by atoms with van der Waals surface area (Å²) in [6.45, 7) is 4.25. The number of carbonyl (C=O) groups is 1. The first kappa shape index (κ1) is 20.4. The Morgan fingerprint density at radius 3 is 2.67 bits per heavy atom. The Morgan fingerprint density at radius 1 is 1.20 bits per heavy atom. The van der Waals surface area contributed by atoms with E-state index in [1.54, 1.807) is 48.7 Å². The number of fused-ring (bicyclic) bond motifs is 1. The second-order valence-corrected chi connectivity index (χ2v) is 10.3. The standard InChI is InChI=1S/C21H21N3O4S2/c1-14-11-24-18(15(2)22-21(24)29-14)12-23(3)20(25)19-16(9-10-28-19)13-30(26,27)17-7-5-4-6-8-17/h4-11H,12-13H2,1-3H3. The van der Waals surface area contributed by atoms with Gasteiger partial charge in [-0.05, 0) is 32.0 Å². The lowest BCUT2D eigenvalue weighted by Crippen LogP contribution is -2.27. The summed E-state index contributed by atoms with van der Waals surface area (Å²) in [5.74, 6) is -0.640. The van der Waals surface area contributed by atoms with Gasteiger partial charge in [-0.15, -0.1) is 11.3 Å². The summed E-state index contributed by atoms with van der Waals surface area (Å²) in [6.07, 6.45) is 3.35. The number of thiazole rings is 1. The molecule has 7 nitrogen and oxygen atoms in total. The molecule has 1 amide bonds. The molecule has 0 spiro atoms. The third kappa shape index (κ3) is 3.78. The average molecular weight is 444 g/mol. The van der Waals surface area contributed by atoms with Crippen molar-refractivity contribution in [2.75, 3.05) is 7.05 Å². The summed E-state index contributed by atoms with van der Waals surface area (Å²) in [7, 11) is -1.93. The lowest BCUT2D eigenvalue weighted by Gasteiger charge is -2.17. The number of furan rings is 1. The number of nitrogens with zero attached hydrogens (tertiary/aromatic N) is 3. The van der Waals surface area contributed by atoms with Crippen LogP contribution in [-0.2, 0) is 22.1 Å². The summed E-state index contributed by atoms with van der Waals surface area (Å²) in [6, 6.07) is 9.71. The molecule has 3 aromatic heterocycles. The van der Waals surface area contributed by atoms with Gasteiger partial charge in [0.2, 0.25) is 0 Å². The second-order valence-electron chi connectivity index (χ2n) is 7.15. The summed E-state index contributed by atoms with van der Waals surface area (Å²) in [4.78, 5) is 21.3. The molecule has 0 saturated heterocycles. The Balaban J connectivity index is 1.57. The first-order valence-corrected chi connectivity index (χ1v) is 11.8. The maximum absolute atomic E-state index is 13.0. The zero-order chi connectivity index (χ0) is 21.5. The highest BCUT2D eigenvalue weighted by molar-refractivity contribution is 7.90. The number of hydrogen-bond acceptors (Lipinski definition) is 6. The van der Waals surface area contributed by atoms with Crippen LogP contribution in [0.4, 0.5) is 0 Å². The third-order valence-electron chi connectivity index (χ3n) is 4.86. The minimum Gasteiger partial charge on any atom is -0.459 e. The SMILES string of the molecule is Cc1cn2c(CN(C)C(=O)c3occc3CS(=O)(=O)c3ccccc3)c(C)nc2s1. The first-order valence-electron chi connectivity index (χ1n) is 9.30. The number of amides is 1. The van der Waals surface area contributed by atoms with Gasteiger partial charge in [-0.25, -0.2) is 13.4 Å². The molecule has 4 aromatic rings. The van der Waals surface area contributed by atoms with Gasteiger partial charge in [0.05, 0.1) is 34.8 Å². The molecule has 0 aliphatic carbocycles. The van der Waals surface area contributed by atoms with Crippen LogP contribution in [0.2, 0.25) is 0 Å². The van der Waals surface area contributed by atoms with E-state index < -0.39 is 9.84 Å². The summed E-state index contributed by atoms with van der Waals surface area (Å²) in [5, 5.41) is 0. The van der Waals surface area contributed by atoms with E-state index in [2.05, 4.69) is 4.98 Å². The van der Waals surface area contributed by atoms with Crippen molar-refractivity contribution in [1.29, 1.82) is 0 Å². The van der Waals surface area contributed by atoms with Gasteiger partial charge in [-0.3, -0.25) is 9.20 Å². The highest BCUT2D eigenvalue weighted by atomic mass is 32.2. The van der Waals surface area contributed by atoms with Crippen LogP contribution in [-0.4, -0.2) is 35.7 Å².